The number of sulfonamides is 1. The number of benzene rings is 1. The molecule has 28 heavy (non-hydrogen) atoms. The van der Waals surface area contributed by atoms with E-state index in [1.807, 2.05) is 0 Å². The van der Waals surface area contributed by atoms with Crippen molar-refractivity contribution in [3.8, 4) is 0 Å². The van der Waals surface area contributed by atoms with E-state index in [9.17, 15) is 18.0 Å². The molecule has 2 N–H and O–H groups in total. The molecular weight excluding hydrogens is 429 g/mol. The Morgan fingerprint density at radius 2 is 1.82 bits per heavy atom. The van der Waals surface area contributed by atoms with E-state index in [4.69, 9.17) is 28.3 Å². The minimum Gasteiger partial charge on any atom is -0.396 e. The van der Waals surface area contributed by atoms with Crippen molar-refractivity contribution < 1.29 is 23.1 Å². The minimum absolute atomic E-state index is 0.117. The number of aliphatic hydroxyl groups is 1. The van der Waals surface area contributed by atoms with Crippen molar-refractivity contribution in [3.05, 3.63) is 33.8 Å². The maximum Gasteiger partial charge on any atom is 0.251 e. The Labute approximate surface area is 174 Å². The predicted octanol–water partition coefficient (Wildman–Crippen LogP) is 0.968. The number of nitrogens with zero attached hydrogens (tertiary/aromatic N) is 2. The van der Waals surface area contributed by atoms with Gasteiger partial charge in [0, 0.05) is 38.3 Å². The van der Waals surface area contributed by atoms with Gasteiger partial charge in [-0.3, -0.25) is 9.59 Å². The predicted molar refractivity (Wildman–Crippen MR) is 107 cm³/mol. The van der Waals surface area contributed by atoms with Gasteiger partial charge in [0.15, 0.2) is 0 Å². The van der Waals surface area contributed by atoms with Gasteiger partial charge in [-0.05, 0) is 31.0 Å². The van der Waals surface area contributed by atoms with E-state index in [1.54, 1.807) is 0 Å². The zero-order chi connectivity index (χ0) is 20.9. The molecule has 0 aliphatic carbocycles. The number of rotatable bonds is 7. The summed E-state index contributed by atoms with van der Waals surface area (Å²) in [5.74, 6) is -0.792. The third kappa shape index (κ3) is 6.05. The molecule has 1 fully saturated rings. The van der Waals surface area contributed by atoms with Crippen LogP contribution in [-0.2, 0) is 14.8 Å². The van der Waals surface area contributed by atoms with Crippen LogP contribution in [0.1, 0.15) is 23.2 Å². The molecule has 0 radical (unpaired) electrons. The molecule has 1 aliphatic heterocycles. The number of aliphatic hydroxyl groups excluding tert-OH is 1. The van der Waals surface area contributed by atoms with Crippen LogP contribution in [0.3, 0.4) is 0 Å². The van der Waals surface area contributed by atoms with E-state index >= 15 is 0 Å². The Kier molecular flexibility index (Phi) is 8.08. The quantitative estimate of drug-likeness (QED) is 0.641. The second kappa shape index (κ2) is 9.89. The van der Waals surface area contributed by atoms with E-state index in [2.05, 4.69) is 5.32 Å². The highest BCUT2D eigenvalue weighted by Crippen LogP contribution is 2.22. The monoisotopic (exact) mass is 451 g/mol. The molecule has 1 atom stereocenters. The van der Waals surface area contributed by atoms with Crippen LogP contribution in [0, 0.1) is 0 Å². The lowest BCUT2D eigenvalue weighted by Crippen LogP contribution is -2.55. The van der Waals surface area contributed by atoms with Crippen molar-refractivity contribution >= 4 is 45.0 Å². The topological polar surface area (TPSA) is 107 Å². The smallest absolute Gasteiger partial charge is 0.251 e. The standard InChI is InChI=1S/C17H23Cl2N3O5S/c1-28(26,27)22-8-6-21(7-9-22)17(25)15(3-2-10-23)20-16(24)12-4-5-13(18)14(19)11-12/h4-5,11,15,23H,2-3,6-10H2,1H3,(H,20,24)/t15-/m0/s1. The molecule has 156 valence electrons. The summed E-state index contributed by atoms with van der Waals surface area (Å²) in [4.78, 5) is 26.9. The van der Waals surface area contributed by atoms with Crippen molar-refractivity contribution in [1.29, 1.82) is 0 Å². The fraction of sp³-hybridized carbons (Fsp3) is 0.529. The maximum absolute atomic E-state index is 12.9. The van der Waals surface area contributed by atoms with E-state index in [1.165, 1.54) is 27.4 Å². The molecule has 1 aromatic carbocycles. The highest BCUT2D eigenvalue weighted by Gasteiger charge is 2.30. The summed E-state index contributed by atoms with van der Waals surface area (Å²) in [6.45, 7) is 0.776. The zero-order valence-corrected chi connectivity index (χ0v) is 17.7. The van der Waals surface area contributed by atoms with E-state index in [0.717, 1.165) is 6.26 Å². The van der Waals surface area contributed by atoms with Crippen molar-refractivity contribution in [3.63, 3.8) is 0 Å². The number of amides is 2. The van der Waals surface area contributed by atoms with Crippen LogP contribution in [0.4, 0.5) is 0 Å². The van der Waals surface area contributed by atoms with E-state index in [-0.39, 0.29) is 55.7 Å². The number of piperazine rings is 1. The Morgan fingerprint density at radius 1 is 1.18 bits per heavy atom. The van der Waals surface area contributed by atoms with Gasteiger partial charge in [-0.25, -0.2) is 8.42 Å². The van der Waals surface area contributed by atoms with Gasteiger partial charge >= 0.3 is 0 Å². The summed E-state index contributed by atoms with van der Waals surface area (Å²) in [5.41, 5.74) is 0.262. The number of carbonyl (C=O) groups excluding carboxylic acids is 2. The largest absolute Gasteiger partial charge is 0.396 e. The first-order chi connectivity index (χ1) is 13.1. The van der Waals surface area contributed by atoms with Gasteiger partial charge in [0.2, 0.25) is 15.9 Å². The van der Waals surface area contributed by atoms with Gasteiger partial charge in [0.05, 0.1) is 16.3 Å². The molecule has 2 amide bonds. The highest BCUT2D eigenvalue weighted by atomic mass is 35.5. The molecule has 0 saturated carbocycles. The van der Waals surface area contributed by atoms with Crippen LogP contribution in [0.2, 0.25) is 10.0 Å². The molecule has 0 unspecified atom stereocenters. The van der Waals surface area contributed by atoms with Crippen LogP contribution >= 0.6 is 23.2 Å². The summed E-state index contributed by atoms with van der Waals surface area (Å²) >= 11 is 11.8. The Hall–Kier alpha value is -1.39. The van der Waals surface area contributed by atoms with Gasteiger partial charge in [0.25, 0.3) is 5.91 Å². The summed E-state index contributed by atoms with van der Waals surface area (Å²) < 4.78 is 24.5. The van der Waals surface area contributed by atoms with Crippen molar-refractivity contribution in [2.75, 3.05) is 39.0 Å². The van der Waals surface area contributed by atoms with Crippen molar-refractivity contribution in [1.82, 2.24) is 14.5 Å². The molecule has 0 aromatic heterocycles. The van der Waals surface area contributed by atoms with Crippen LogP contribution in [0.5, 0.6) is 0 Å². The zero-order valence-electron chi connectivity index (χ0n) is 15.4. The third-order valence-corrected chi connectivity index (χ3v) is 6.50. The van der Waals surface area contributed by atoms with Crippen LogP contribution in [0.15, 0.2) is 18.2 Å². The maximum atomic E-state index is 12.9. The van der Waals surface area contributed by atoms with Gasteiger partial charge in [-0.2, -0.15) is 4.31 Å². The second-order valence-corrected chi connectivity index (χ2v) is 9.30. The summed E-state index contributed by atoms with van der Waals surface area (Å²) in [6, 6.07) is 3.58. The normalized spacial score (nSPS) is 16.6. The first kappa shape index (κ1) is 22.9. The Bertz CT molecular complexity index is 826. The average molecular weight is 452 g/mol. The Morgan fingerprint density at radius 3 is 2.36 bits per heavy atom. The first-order valence-electron chi connectivity index (χ1n) is 8.74. The number of hydrogen-bond acceptors (Lipinski definition) is 5. The molecule has 11 heteroatoms. The Balaban J connectivity index is 2.06. The van der Waals surface area contributed by atoms with Crippen molar-refractivity contribution in [2.45, 2.75) is 18.9 Å². The highest BCUT2D eigenvalue weighted by molar-refractivity contribution is 7.88. The molecule has 1 aromatic rings. The third-order valence-electron chi connectivity index (χ3n) is 4.46. The number of nitrogens with one attached hydrogen (secondary N) is 1. The van der Waals surface area contributed by atoms with E-state index < -0.39 is 22.0 Å². The lowest BCUT2D eigenvalue weighted by Gasteiger charge is -2.35. The van der Waals surface area contributed by atoms with Crippen molar-refractivity contribution in [2.24, 2.45) is 0 Å². The molecule has 8 nitrogen and oxygen atoms in total. The van der Waals surface area contributed by atoms with Gasteiger partial charge in [-0.15, -0.1) is 0 Å². The number of hydrogen-bond donors (Lipinski definition) is 2. The minimum atomic E-state index is -3.30. The molecule has 2 rings (SSSR count). The SMILES string of the molecule is CS(=O)(=O)N1CCN(C(=O)[C@H](CCCO)NC(=O)c2ccc(Cl)c(Cl)c2)CC1. The number of halogens is 2. The molecule has 1 saturated heterocycles. The molecule has 0 spiro atoms. The average Bonchev–Trinajstić information content (AvgIpc) is 2.66. The molecule has 0 bridgehead atoms. The first-order valence-corrected chi connectivity index (χ1v) is 11.3. The van der Waals surface area contributed by atoms with Crippen LogP contribution in [0.25, 0.3) is 0 Å². The summed E-state index contributed by atoms with van der Waals surface area (Å²) in [5, 5.41) is 12.3. The molecular formula is C17H23Cl2N3O5S. The van der Waals surface area contributed by atoms with Crippen LogP contribution in [-0.4, -0.2) is 79.6 Å². The second-order valence-electron chi connectivity index (χ2n) is 6.51. The van der Waals surface area contributed by atoms with Gasteiger partial charge < -0.3 is 15.3 Å². The van der Waals surface area contributed by atoms with Gasteiger partial charge in [-0.1, -0.05) is 23.2 Å². The lowest BCUT2D eigenvalue weighted by molar-refractivity contribution is -0.134. The summed E-state index contributed by atoms with van der Waals surface area (Å²) in [7, 11) is -3.30. The van der Waals surface area contributed by atoms with Crippen LogP contribution < -0.4 is 5.32 Å². The van der Waals surface area contributed by atoms with Gasteiger partial charge in [0.1, 0.15) is 6.04 Å². The fourth-order valence-electron chi connectivity index (χ4n) is 2.89. The number of carbonyl (C=O) groups is 2. The molecule has 1 heterocycles. The lowest BCUT2D eigenvalue weighted by atomic mass is 10.1. The summed E-state index contributed by atoms with van der Waals surface area (Å²) in [6.07, 6.45) is 1.72. The fourth-order valence-corrected chi connectivity index (χ4v) is 4.02. The van der Waals surface area contributed by atoms with E-state index in [0.29, 0.717) is 11.4 Å². The molecule has 1 aliphatic rings.